The van der Waals surface area contributed by atoms with Crippen LogP contribution in [0.1, 0.15) is 43.0 Å². The predicted molar refractivity (Wildman–Crippen MR) is 138 cm³/mol. The minimum absolute atomic E-state index is 0.0236. The molecule has 1 aromatic heterocycles. The van der Waals surface area contributed by atoms with Crippen molar-refractivity contribution in [1.82, 2.24) is 10.3 Å². The standard InChI is InChI=1S/C28H34N4O2/c1-20-7-3-5-9-25(20)30-28(33)24-19-27(29-26-10-6-4-8-23(24)26)32-17-15-31(16-18-32)21-11-13-22(34-2)14-12-21/h4,6,8,10-14,19-20,25H,3,5,7,9,15-18H2,1-2H3,(H,30,33)/t20-,25+/m0/s1. The van der Waals surface area contributed by atoms with Gasteiger partial charge in [-0.2, -0.15) is 0 Å². The third kappa shape index (κ3) is 4.67. The number of fused-ring (bicyclic) bond motifs is 1. The first kappa shape index (κ1) is 22.5. The highest BCUT2D eigenvalue weighted by Gasteiger charge is 2.25. The Kier molecular flexibility index (Phi) is 6.57. The van der Waals surface area contributed by atoms with Crippen LogP contribution in [-0.4, -0.2) is 50.2 Å². The number of anilines is 2. The van der Waals surface area contributed by atoms with Crippen LogP contribution in [0, 0.1) is 5.92 Å². The van der Waals surface area contributed by atoms with Crippen LogP contribution in [-0.2, 0) is 0 Å². The number of hydrogen-bond acceptors (Lipinski definition) is 5. The van der Waals surface area contributed by atoms with Gasteiger partial charge in [-0.3, -0.25) is 4.79 Å². The summed E-state index contributed by atoms with van der Waals surface area (Å²) in [5.74, 6) is 2.30. The van der Waals surface area contributed by atoms with Crippen LogP contribution < -0.4 is 19.9 Å². The van der Waals surface area contributed by atoms with Crippen molar-refractivity contribution in [3.05, 3.63) is 60.2 Å². The fourth-order valence-electron chi connectivity index (χ4n) is 5.27. The van der Waals surface area contributed by atoms with Gasteiger partial charge in [0.15, 0.2) is 0 Å². The molecule has 2 aromatic carbocycles. The third-order valence-corrected chi connectivity index (χ3v) is 7.42. The lowest BCUT2D eigenvalue weighted by Gasteiger charge is -2.37. The van der Waals surface area contributed by atoms with Crippen LogP contribution in [0.3, 0.4) is 0 Å². The second-order valence-corrected chi connectivity index (χ2v) is 9.56. The maximum absolute atomic E-state index is 13.4. The largest absolute Gasteiger partial charge is 0.497 e. The fourth-order valence-corrected chi connectivity index (χ4v) is 5.27. The molecular formula is C28H34N4O2. The van der Waals surface area contributed by atoms with Crippen molar-refractivity contribution >= 4 is 28.3 Å². The SMILES string of the molecule is COc1ccc(N2CCN(c3cc(C(=O)N[C@@H]4CCCC[C@@H]4C)c4ccccc4n3)CC2)cc1. The zero-order chi connectivity index (χ0) is 23.5. The zero-order valence-corrected chi connectivity index (χ0v) is 20.2. The fraction of sp³-hybridized carbons (Fsp3) is 0.429. The number of pyridine rings is 1. The molecule has 1 saturated carbocycles. The van der Waals surface area contributed by atoms with Crippen molar-refractivity contribution < 1.29 is 9.53 Å². The topological polar surface area (TPSA) is 57.7 Å². The second kappa shape index (κ2) is 9.92. The van der Waals surface area contributed by atoms with Crippen LogP contribution in [0.5, 0.6) is 5.75 Å². The summed E-state index contributed by atoms with van der Waals surface area (Å²) >= 11 is 0. The Bertz CT molecular complexity index is 1140. The maximum Gasteiger partial charge on any atom is 0.252 e. The van der Waals surface area contributed by atoms with Gasteiger partial charge < -0.3 is 19.9 Å². The quantitative estimate of drug-likeness (QED) is 0.591. The second-order valence-electron chi connectivity index (χ2n) is 9.56. The number of nitrogens with zero attached hydrogens (tertiary/aromatic N) is 3. The average molecular weight is 459 g/mol. The molecule has 6 nitrogen and oxygen atoms in total. The molecule has 1 aliphatic carbocycles. The van der Waals surface area contributed by atoms with Gasteiger partial charge in [0.25, 0.3) is 5.91 Å². The smallest absolute Gasteiger partial charge is 0.252 e. The van der Waals surface area contributed by atoms with Gasteiger partial charge in [0.05, 0.1) is 18.2 Å². The average Bonchev–Trinajstić information content (AvgIpc) is 2.89. The van der Waals surface area contributed by atoms with Crippen LogP contribution in [0.15, 0.2) is 54.6 Å². The Morgan fingerprint density at radius 1 is 0.971 bits per heavy atom. The maximum atomic E-state index is 13.4. The summed E-state index contributed by atoms with van der Waals surface area (Å²) in [6.07, 6.45) is 4.70. The first-order valence-electron chi connectivity index (χ1n) is 12.5. The van der Waals surface area contributed by atoms with E-state index in [2.05, 4.69) is 34.2 Å². The number of rotatable bonds is 5. The molecule has 0 bridgehead atoms. The number of ether oxygens (including phenoxy) is 1. The summed E-state index contributed by atoms with van der Waals surface area (Å²) in [5.41, 5.74) is 2.81. The van der Waals surface area contributed by atoms with Gasteiger partial charge in [-0.05, 0) is 55.2 Å². The first-order chi connectivity index (χ1) is 16.6. The van der Waals surface area contributed by atoms with Gasteiger partial charge in [0, 0.05) is 43.3 Å². The van der Waals surface area contributed by atoms with E-state index in [1.165, 1.54) is 24.9 Å². The van der Waals surface area contributed by atoms with E-state index in [9.17, 15) is 4.79 Å². The molecule has 0 radical (unpaired) electrons. The molecular weight excluding hydrogens is 424 g/mol. The highest BCUT2D eigenvalue weighted by atomic mass is 16.5. The summed E-state index contributed by atoms with van der Waals surface area (Å²) < 4.78 is 5.28. The molecule has 0 spiro atoms. The van der Waals surface area contributed by atoms with Crippen molar-refractivity contribution in [3.63, 3.8) is 0 Å². The van der Waals surface area contributed by atoms with Gasteiger partial charge >= 0.3 is 0 Å². The molecule has 6 heteroatoms. The van der Waals surface area contributed by atoms with E-state index < -0.39 is 0 Å². The molecule has 1 saturated heterocycles. The first-order valence-corrected chi connectivity index (χ1v) is 12.5. The number of benzene rings is 2. The minimum atomic E-state index is 0.0236. The Labute approximate surface area is 201 Å². The number of nitrogens with one attached hydrogen (secondary N) is 1. The van der Waals surface area contributed by atoms with Crippen LogP contribution >= 0.6 is 0 Å². The third-order valence-electron chi connectivity index (χ3n) is 7.42. The molecule has 3 aromatic rings. The van der Waals surface area contributed by atoms with Crippen molar-refractivity contribution in [3.8, 4) is 5.75 Å². The lowest BCUT2D eigenvalue weighted by atomic mass is 9.86. The van der Waals surface area contributed by atoms with Crippen molar-refractivity contribution in [2.75, 3.05) is 43.1 Å². The van der Waals surface area contributed by atoms with E-state index >= 15 is 0 Å². The van der Waals surface area contributed by atoms with Gasteiger partial charge in [0.2, 0.25) is 0 Å². The number of hydrogen-bond donors (Lipinski definition) is 1. The molecule has 34 heavy (non-hydrogen) atoms. The molecule has 1 aliphatic heterocycles. The lowest BCUT2D eigenvalue weighted by molar-refractivity contribution is 0.0912. The molecule has 1 N–H and O–H groups in total. The summed E-state index contributed by atoms with van der Waals surface area (Å²) in [7, 11) is 1.69. The molecule has 2 heterocycles. The Hall–Kier alpha value is -3.28. The van der Waals surface area contributed by atoms with E-state index in [0.29, 0.717) is 5.92 Å². The van der Waals surface area contributed by atoms with Crippen molar-refractivity contribution in [2.45, 2.75) is 38.6 Å². The molecule has 178 valence electrons. The summed E-state index contributed by atoms with van der Waals surface area (Å²) in [6, 6.07) is 18.5. The summed E-state index contributed by atoms with van der Waals surface area (Å²) in [6.45, 7) is 5.78. The zero-order valence-electron chi connectivity index (χ0n) is 20.2. The normalized spacial score (nSPS) is 20.9. The molecule has 1 amide bonds. The van der Waals surface area contributed by atoms with Crippen molar-refractivity contribution in [2.24, 2.45) is 5.92 Å². The monoisotopic (exact) mass is 458 g/mol. The van der Waals surface area contributed by atoms with Crippen molar-refractivity contribution in [1.29, 1.82) is 0 Å². The highest BCUT2D eigenvalue weighted by Crippen LogP contribution is 2.28. The number of para-hydroxylation sites is 1. The predicted octanol–water partition coefficient (Wildman–Crippen LogP) is 4.88. The molecule has 5 rings (SSSR count). The van der Waals surface area contributed by atoms with E-state index in [1.54, 1.807) is 7.11 Å². The minimum Gasteiger partial charge on any atom is -0.497 e. The van der Waals surface area contributed by atoms with Crippen LogP contribution in [0.25, 0.3) is 10.9 Å². The molecule has 2 fully saturated rings. The Morgan fingerprint density at radius 2 is 1.68 bits per heavy atom. The van der Waals surface area contributed by atoms with Crippen LogP contribution in [0.2, 0.25) is 0 Å². The van der Waals surface area contributed by atoms with E-state index in [1.807, 2.05) is 42.5 Å². The number of methoxy groups -OCH3 is 1. The van der Waals surface area contributed by atoms with E-state index in [-0.39, 0.29) is 11.9 Å². The van der Waals surface area contributed by atoms with Gasteiger partial charge in [-0.25, -0.2) is 4.98 Å². The van der Waals surface area contributed by atoms with Gasteiger partial charge in [-0.15, -0.1) is 0 Å². The number of carbonyl (C=O) groups is 1. The Balaban J connectivity index is 1.35. The van der Waals surface area contributed by atoms with E-state index in [0.717, 1.165) is 60.6 Å². The number of piperazine rings is 1. The molecule has 2 aliphatic rings. The van der Waals surface area contributed by atoms with Gasteiger partial charge in [0.1, 0.15) is 11.6 Å². The van der Waals surface area contributed by atoms with E-state index in [4.69, 9.17) is 9.72 Å². The molecule has 2 atom stereocenters. The highest BCUT2D eigenvalue weighted by molar-refractivity contribution is 6.07. The number of carbonyl (C=O) groups excluding carboxylic acids is 1. The Morgan fingerprint density at radius 3 is 2.41 bits per heavy atom. The van der Waals surface area contributed by atoms with Crippen LogP contribution in [0.4, 0.5) is 11.5 Å². The summed E-state index contributed by atoms with van der Waals surface area (Å²) in [4.78, 5) is 23.0. The lowest BCUT2D eigenvalue weighted by Crippen LogP contribution is -2.47. The number of aromatic nitrogens is 1. The molecule has 0 unspecified atom stereocenters. The number of amides is 1. The summed E-state index contributed by atoms with van der Waals surface area (Å²) in [5, 5.41) is 4.26. The van der Waals surface area contributed by atoms with Gasteiger partial charge in [-0.1, -0.05) is 38.0 Å².